The maximum Gasteiger partial charge on any atom is 0.239 e. The van der Waals surface area contributed by atoms with Gasteiger partial charge in [-0.15, -0.1) is 0 Å². The van der Waals surface area contributed by atoms with E-state index in [1.54, 1.807) is 0 Å². The zero-order valence-corrected chi connectivity index (χ0v) is 10.2. The third-order valence-electron chi connectivity index (χ3n) is 2.48. The van der Waals surface area contributed by atoms with Crippen molar-refractivity contribution >= 4 is 5.91 Å². The Morgan fingerprint density at radius 3 is 2.44 bits per heavy atom. The van der Waals surface area contributed by atoms with Gasteiger partial charge in [0.2, 0.25) is 5.91 Å². The summed E-state index contributed by atoms with van der Waals surface area (Å²) in [6.45, 7) is 7.13. The zero-order valence-electron chi connectivity index (χ0n) is 10.2. The van der Waals surface area contributed by atoms with Gasteiger partial charge < -0.3 is 10.6 Å². The first-order chi connectivity index (χ1) is 7.56. The van der Waals surface area contributed by atoms with Crippen LogP contribution >= 0.6 is 0 Å². The minimum absolute atomic E-state index is 0.0261. The van der Waals surface area contributed by atoms with Gasteiger partial charge >= 0.3 is 0 Å². The Kier molecular flexibility index (Phi) is 4.50. The summed E-state index contributed by atoms with van der Waals surface area (Å²) < 4.78 is 0. The number of carbonyl (C=O) groups excluding carboxylic acids is 1. The van der Waals surface area contributed by atoms with E-state index in [1.165, 1.54) is 0 Å². The number of carbonyl (C=O) groups is 1. The first kappa shape index (κ1) is 12.7. The molecule has 3 nitrogen and oxygen atoms in total. The molecule has 3 heteroatoms. The van der Waals surface area contributed by atoms with Crippen molar-refractivity contribution in [3.63, 3.8) is 0 Å². The second kappa shape index (κ2) is 5.66. The molecule has 0 aromatic heterocycles. The fraction of sp³-hybridized carbons (Fsp3) is 0.462. The summed E-state index contributed by atoms with van der Waals surface area (Å²) in [7, 11) is 0. The number of amides is 1. The molecule has 0 bridgehead atoms. The largest absolute Gasteiger partial charge is 0.350 e. The lowest BCUT2D eigenvalue weighted by atomic mass is 10.0. The molecule has 0 radical (unpaired) electrons. The Balaban J connectivity index is 2.47. The minimum Gasteiger partial charge on any atom is -0.350 e. The normalized spacial score (nSPS) is 11.2. The van der Waals surface area contributed by atoms with Crippen molar-refractivity contribution in [2.24, 2.45) is 0 Å². The first-order valence-electron chi connectivity index (χ1n) is 5.63. The maximum atomic E-state index is 11.9. The maximum absolute atomic E-state index is 11.9. The Bertz CT molecular complexity index is 333. The molecule has 0 atom stereocenters. The van der Waals surface area contributed by atoms with Gasteiger partial charge in [-0.1, -0.05) is 37.3 Å². The lowest BCUT2D eigenvalue weighted by molar-refractivity contribution is -0.126. The molecule has 0 spiro atoms. The van der Waals surface area contributed by atoms with Gasteiger partial charge in [0.25, 0.3) is 0 Å². The molecule has 0 saturated carbocycles. The summed E-state index contributed by atoms with van der Waals surface area (Å²) in [5.41, 5.74) is 0.604. The van der Waals surface area contributed by atoms with Crippen molar-refractivity contribution in [3.05, 3.63) is 35.9 Å². The summed E-state index contributed by atoms with van der Waals surface area (Å²) in [5.74, 6) is 0.0261. The van der Waals surface area contributed by atoms with Gasteiger partial charge in [-0.05, 0) is 26.0 Å². The van der Waals surface area contributed by atoms with E-state index >= 15 is 0 Å². The highest BCUT2D eigenvalue weighted by atomic mass is 16.2. The molecule has 0 aliphatic carbocycles. The Labute approximate surface area is 97.2 Å². The molecule has 16 heavy (non-hydrogen) atoms. The van der Waals surface area contributed by atoms with Crippen LogP contribution in [0, 0.1) is 0 Å². The average Bonchev–Trinajstić information content (AvgIpc) is 2.27. The highest BCUT2D eigenvalue weighted by Crippen LogP contribution is 2.03. The van der Waals surface area contributed by atoms with Crippen LogP contribution in [0.1, 0.15) is 26.3 Å². The van der Waals surface area contributed by atoms with Gasteiger partial charge in [-0.2, -0.15) is 0 Å². The third kappa shape index (κ3) is 3.66. The van der Waals surface area contributed by atoms with E-state index in [4.69, 9.17) is 0 Å². The predicted octanol–water partition coefficient (Wildman–Crippen LogP) is 1.69. The van der Waals surface area contributed by atoms with Crippen LogP contribution in [-0.2, 0) is 11.3 Å². The third-order valence-corrected chi connectivity index (χ3v) is 2.48. The van der Waals surface area contributed by atoms with E-state index in [2.05, 4.69) is 10.6 Å². The molecule has 0 unspecified atom stereocenters. The van der Waals surface area contributed by atoms with Crippen molar-refractivity contribution in [1.29, 1.82) is 0 Å². The van der Waals surface area contributed by atoms with Crippen LogP contribution in [0.5, 0.6) is 0 Å². The predicted molar refractivity (Wildman–Crippen MR) is 66.0 cm³/mol. The smallest absolute Gasteiger partial charge is 0.239 e. The summed E-state index contributed by atoms with van der Waals surface area (Å²) in [6.07, 6.45) is 0. The van der Waals surface area contributed by atoms with Crippen LogP contribution in [0.3, 0.4) is 0 Å². The Hall–Kier alpha value is -1.35. The molecule has 0 fully saturated rings. The number of hydrogen-bond donors (Lipinski definition) is 2. The second-order valence-corrected chi connectivity index (χ2v) is 4.32. The molecule has 88 valence electrons. The molecule has 0 heterocycles. The number of benzene rings is 1. The van der Waals surface area contributed by atoms with Gasteiger partial charge in [0, 0.05) is 6.54 Å². The monoisotopic (exact) mass is 220 g/mol. The van der Waals surface area contributed by atoms with Crippen LogP contribution in [0.4, 0.5) is 0 Å². The highest BCUT2D eigenvalue weighted by Gasteiger charge is 2.25. The van der Waals surface area contributed by atoms with E-state index in [0.29, 0.717) is 6.54 Å². The number of nitrogens with one attached hydrogen (secondary N) is 2. The molecule has 1 amide bonds. The summed E-state index contributed by atoms with van der Waals surface area (Å²) >= 11 is 0. The van der Waals surface area contributed by atoms with Crippen LogP contribution in [0.25, 0.3) is 0 Å². The molecular formula is C13H20N2O. The molecule has 0 aliphatic heterocycles. The van der Waals surface area contributed by atoms with Crippen LogP contribution in [0.2, 0.25) is 0 Å². The number of rotatable bonds is 5. The Morgan fingerprint density at radius 1 is 1.25 bits per heavy atom. The first-order valence-corrected chi connectivity index (χ1v) is 5.63. The van der Waals surface area contributed by atoms with E-state index in [9.17, 15) is 4.79 Å². The van der Waals surface area contributed by atoms with Crippen molar-refractivity contribution in [1.82, 2.24) is 10.6 Å². The lowest BCUT2D eigenvalue weighted by Gasteiger charge is -2.24. The quantitative estimate of drug-likeness (QED) is 0.793. The van der Waals surface area contributed by atoms with Crippen molar-refractivity contribution in [3.8, 4) is 0 Å². The van der Waals surface area contributed by atoms with E-state index in [0.717, 1.165) is 12.1 Å². The minimum atomic E-state index is -0.510. The van der Waals surface area contributed by atoms with E-state index in [1.807, 2.05) is 51.1 Å². The second-order valence-electron chi connectivity index (χ2n) is 4.32. The molecule has 1 aromatic rings. The number of likely N-dealkylation sites (N-methyl/N-ethyl adjacent to an activating group) is 1. The van der Waals surface area contributed by atoms with E-state index < -0.39 is 5.54 Å². The zero-order chi connectivity index (χ0) is 12.0. The molecule has 2 N–H and O–H groups in total. The molecule has 0 saturated heterocycles. The van der Waals surface area contributed by atoms with Crippen LogP contribution < -0.4 is 10.6 Å². The average molecular weight is 220 g/mol. The van der Waals surface area contributed by atoms with Gasteiger partial charge in [0.1, 0.15) is 0 Å². The standard InChI is InChI=1S/C13H20N2O/c1-4-15-13(2,3)12(16)14-10-11-8-6-5-7-9-11/h5-9,15H,4,10H2,1-3H3,(H,14,16). The SMILES string of the molecule is CCNC(C)(C)C(=O)NCc1ccccc1. The lowest BCUT2D eigenvalue weighted by Crippen LogP contribution is -2.52. The Morgan fingerprint density at radius 2 is 1.88 bits per heavy atom. The van der Waals surface area contributed by atoms with Gasteiger partial charge in [0.15, 0.2) is 0 Å². The van der Waals surface area contributed by atoms with Crippen molar-refractivity contribution in [2.45, 2.75) is 32.9 Å². The molecule has 1 aromatic carbocycles. The summed E-state index contributed by atoms with van der Waals surface area (Å²) in [4.78, 5) is 11.9. The van der Waals surface area contributed by atoms with Crippen LogP contribution in [0.15, 0.2) is 30.3 Å². The van der Waals surface area contributed by atoms with Crippen molar-refractivity contribution in [2.75, 3.05) is 6.54 Å². The molecule has 1 rings (SSSR count). The van der Waals surface area contributed by atoms with E-state index in [-0.39, 0.29) is 5.91 Å². The fourth-order valence-corrected chi connectivity index (χ4v) is 1.52. The summed E-state index contributed by atoms with van der Waals surface area (Å²) in [6, 6.07) is 9.91. The van der Waals surface area contributed by atoms with Gasteiger partial charge in [-0.3, -0.25) is 4.79 Å². The molecule has 0 aliphatic rings. The topological polar surface area (TPSA) is 41.1 Å². The fourth-order valence-electron chi connectivity index (χ4n) is 1.52. The van der Waals surface area contributed by atoms with Crippen LogP contribution in [-0.4, -0.2) is 18.0 Å². The number of hydrogen-bond acceptors (Lipinski definition) is 2. The van der Waals surface area contributed by atoms with Crippen molar-refractivity contribution < 1.29 is 4.79 Å². The molecular weight excluding hydrogens is 200 g/mol. The highest BCUT2D eigenvalue weighted by molar-refractivity contribution is 5.85. The van der Waals surface area contributed by atoms with Gasteiger partial charge in [-0.25, -0.2) is 0 Å². The van der Waals surface area contributed by atoms with Gasteiger partial charge in [0.05, 0.1) is 5.54 Å². The summed E-state index contributed by atoms with van der Waals surface area (Å²) in [5, 5.41) is 6.07.